The van der Waals surface area contributed by atoms with Crippen molar-refractivity contribution in [1.82, 2.24) is 0 Å². The smallest absolute Gasteiger partial charge is 0.322 e. The van der Waals surface area contributed by atoms with Crippen LogP contribution in [0.5, 0.6) is 0 Å². The van der Waals surface area contributed by atoms with Gasteiger partial charge in [0, 0.05) is 19.1 Å². The van der Waals surface area contributed by atoms with E-state index in [2.05, 4.69) is 0 Å². The van der Waals surface area contributed by atoms with E-state index in [4.69, 9.17) is 19.9 Å². The van der Waals surface area contributed by atoms with E-state index in [1.807, 2.05) is 13.8 Å². The quantitative estimate of drug-likeness (QED) is 0.528. The van der Waals surface area contributed by atoms with Gasteiger partial charge in [0.2, 0.25) is 0 Å². The zero-order chi connectivity index (χ0) is 23.0. The fourth-order valence-electron chi connectivity index (χ4n) is 3.46. The van der Waals surface area contributed by atoms with Crippen LogP contribution in [0.2, 0.25) is 0 Å². The first-order valence-electron chi connectivity index (χ1n) is 10.5. The Morgan fingerprint density at radius 3 is 1.74 bits per heavy atom. The Bertz CT molecular complexity index is 815. The van der Waals surface area contributed by atoms with E-state index in [1.165, 1.54) is 24.3 Å². The summed E-state index contributed by atoms with van der Waals surface area (Å²) in [5.74, 6) is -1.86. The highest BCUT2D eigenvalue weighted by molar-refractivity contribution is 5.75. The Morgan fingerprint density at radius 1 is 0.903 bits per heavy atom. The van der Waals surface area contributed by atoms with Gasteiger partial charge in [-0.1, -0.05) is 12.1 Å². The Balaban J connectivity index is 2.62. The van der Waals surface area contributed by atoms with E-state index in [-0.39, 0.29) is 13.2 Å². The second kappa shape index (κ2) is 11.9. The molecule has 7 heteroatoms. The van der Waals surface area contributed by atoms with E-state index in [0.29, 0.717) is 24.3 Å². The second-order valence-electron chi connectivity index (χ2n) is 7.37. The molecule has 2 rings (SSSR count). The normalized spacial score (nSPS) is 13.3. The van der Waals surface area contributed by atoms with Crippen molar-refractivity contribution in [1.29, 1.82) is 0 Å². The van der Waals surface area contributed by atoms with E-state index in [0.717, 1.165) is 11.1 Å². The lowest BCUT2D eigenvalue weighted by atomic mass is 9.82. The molecule has 0 radical (unpaired) electrons. The number of hydrogen-bond donors (Lipinski definition) is 1. The van der Waals surface area contributed by atoms with Gasteiger partial charge in [-0.25, -0.2) is 8.78 Å². The summed E-state index contributed by atoms with van der Waals surface area (Å²) in [4.78, 5) is 12.2. The van der Waals surface area contributed by atoms with Crippen molar-refractivity contribution in [2.45, 2.75) is 59.0 Å². The molecule has 0 saturated heterocycles. The maximum absolute atomic E-state index is 14.0. The monoisotopic (exact) mass is 435 g/mol. The number of nitrogens with two attached hydrogens (primary N) is 1. The lowest BCUT2D eigenvalue weighted by Gasteiger charge is -2.29. The molecule has 5 nitrogen and oxygen atoms in total. The fraction of sp³-hybridized carbons (Fsp3) is 0.458. The van der Waals surface area contributed by atoms with Crippen molar-refractivity contribution in [2.75, 3.05) is 13.2 Å². The molecule has 2 atom stereocenters. The molecule has 0 aliphatic heterocycles. The molecule has 170 valence electrons. The first-order valence-corrected chi connectivity index (χ1v) is 10.5. The lowest BCUT2D eigenvalue weighted by Crippen LogP contribution is -2.34. The minimum Gasteiger partial charge on any atom is -0.461 e. The molecular formula is C24H31F2NO4. The summed E-state index contributed by atoms with van der Waals surface area (Å²) in [6, 6.07) is 8.02. The molecule has 0 bridgehead atoms. The Hall–Kier alpha value is -2.35. The number of rotatable bonds is 11. The molecule has 0 aromatic heterocycles. The molecule has 0 heterocycles. The Labute approximate surface area is 182 Å². The van der Waals surface area contributed by atoms with Crippen molar-refractivity contribution in [3.05, 3.63) is 70.3 Å². The van der Waals surface area contributed by atoms with Crippen LogP contribution in [0, 0.1) is 11.6 Å². The van der Waals surface area contributed by atoms with Crippen molar-refractivity contribution < 1.29 is 27.8 Å². The topological polar surface area (TPSA) is 70.8 Å². The molecule has 0 saturated carbocycles. The van der Waals surface area contributed by atoms with E-state index >= 15 is 0 Å². The molecule has 0 spiro atoms. The van der Waals surface area contributed by atoms with Gasteiger partial charge < -0.3 is 19.9 Å². The third-order valence-corrected chi connectivity index (χ3v) is 4.95. The largest absolute Gasteiger partial charge is 0.461 e. The van der Waals surface area contributed by atoms with Crippen molar-refractivity contribution in [3.63, 3.8) is 0 Å². The summed E-state index contributed by atoms with van der Waals surface area (Å²) in [5, 5.41) is 0. The molecule has 2 aromatic rings. The highest BCUT2D eigenvalue weighted by Crippen LogP contribution is 2.35. The molecule has 2 N–H and O–H groups in total. The van der Waals surface area contributed by atoms with E-state index in [1.54, 1.807) is 26.0 Å². The molecule has 0 fully saturated rings. The standard InChI is InChI=1S/C24H31F2NO4/c1-5-29-13-17-11-19(25)7-9-21(17)23(16(4)31-24(28)15(3)27)22-10-8-20(26)12-18(22)14-30-6-2/h7-12,15-16,23H,5-6,13-14,27H2,1-4H3/t15-,16-/m0/s1. The lowest BCUT2D eigenvalue weighted by molar-refractivity contribution is -0.150. The predicted molar refractivity (Wildman–Crippen MR) is 115 cm³/mol. The molecule has 2 aromatic carbocycles. The number of esters is 1. The van der Waals surface area contributed by atoms with Gasteiger partial charge in [-0.05, 0) is 74.2 Å². The zero-order valence-electron chi connectivity index (χ0n) is 18.5. The van der Waals surface area contributed by atoms with Gasteiger partial charge in [0.05, 0.1) is 13.2 Å². The average molecular weight is 436 g/mol. The van der Waals surface area contributed by atoms with Gasteiger partial charge in [-0.3, -0.25) is 4.79 Å². The average Bonchev–Trinajstić information content (AvgIpc) is 2.73. The number of benzene rings is 2. The predicted octanol–water partition coefficient (Wildman–Crippen LogP) is 4.45. The van der Waals surface area contributed by atoms with Crippen LogP contribution < -0.4 is 5.73 Å². The Kier molecular flexibility index (Phi) is 9.55. The van der Waals surface area contributed by atoms with Crippen LogP contribution in [0.1, 0.15) is 55.9 Å². The van der Waals surface area contributed by atoms with Gasteiger partial charge in [-0.15, -0.1) is 0 Å². The summed E-state index contributed by atoms with van der Waals surface area (Å²) in [6.45, 7) is 8.29. The number of hydrogen-bond acceptors (Lipinski definition) is 5. The molecular weight excluding hydrogens is 404 g/mol. The maximum atomic E-state index is 14.0. The van der Waals surface area contributed by atoms with Gasteiger partial charge in [0.25, 0.3) is 0 Å². The van der Waals surface area contributed by atoms with Gasteiger partial charge in [0.15, 0.2) is 0 Å². The fourth-order valence-corrected chi connectivity index (χ4v) is 3.46. The van der Waals surface area contributed by atoms with Crippen LogP contribution in [0.15, 0.2) is 36.4 Å². The Morgan fingerprint density at radius 2 is 1.35 bits per heavy atom. The third kappa shape index (κ3) is 6.82. The first-order chi connectivity index (χ1) is 14.8. The van der Waals surface area contributed by atoms with Crippen molar-refractivity contribution in [2.24, 2.45) is 5.73 Å². The highest BCUT2D eigenvalue weighted by atomic mass is 19.1. The molecule has 31 heavy (non-hydrogen) atoms. The van der Waals surface area contributed by atoms with Crippen LogP contribution >= 0.6 is 0 Å². The highest BCUT2D eigenvalue weighted by Gasteiger charge is 2.30. The number of ether oxygens (including phenoxy) is 3. The summed E-state index contributed by atoms with van der Waals surface area (Å²) in [5.41, 5.74) is 8.39. The van der Waals surface area contributed by atoms with Crippen LogP contribution in [0.4, 0.5) is 8.78 Å². The summed E-state index contributed by atoms with van der Waals surface area (Å²) < 4.78 is 44.8. The van der Waals surface area contributed by atoms with E-state index in [9.17, 15) is 13.6 Å². The summed E-state index contributed by atoms with van der Waals surface area (Å²) in [7, 11) is 0. The van der Waals surface area contributed by atoms with Crippen LogP contribution in [-0.2, 0) is 32.2 Å². The first kappa shape index (κ1) is 24.9. The van der Waals surface area contributed by atoms with E-state index < -0.39 is 35.7 Å². The summed E-state index contributed by atoms with van der Waals surface area (Å²) in [6.07, 6.45) is -0.657. The molecule has 0 aliphatic carbocycles. The maximum Gasteiger partial charge on any atom is 0.322 e. The number of halogens is 2. The van der Waals surface area contributed by atoms with Gasteiger partial charge >= 0.3 is 5.97 Å². The molecule has 0 aliphatic rings. The second-order valence-corrected chi connectivity index (χ2v) is 7.37. The van der Waals surface area contributed by atoms with Gasteiger partial charge in [0.1, 0.15) is 23.8 Å². The van der Waals surface area contributed by atoms with Gasteiger partial charge in [-0.2, -0.15) is 0 Å². The number of carbonyl (C=O) groups is 1. The SMILES string of the molecule is CCOCc1cc(F)ccc1C(c1ccc(F)cc1COCC)[C@H](C)OC(=O)[C@H](C)N. The van der Waals surface area contributed by atoms with Crippen LogP contribution in [0.25, 0.3) is 0 Å². The van der Waals surface area contributed by atoms with Crippen molar-refractivity contribution in [3.8, 4) is 0 Å². The minimum absolute atomic E-state index is 0.191. The molecule has 0 amide bonds. The van der Waals surface area contributed by atoms with Crippen molar-refractivity contribution >= 4 is 5.97 Å². The third-order valence-electron chi connectivity index (χ3n) is 4.95. The zero-order valence-corrected chi connectivity index (χ0v) is 18.5. The summed E-state index contributed by atoms with van der Waals surface area (Å²) >= 11 is 0. The molecule has 0 unspecified atom stereocenters. The van der Waals surface area contributed by atoms with Crippen LogP contribution in [-0.4, -0.2) is 31.3 Å². The van der Waals surface area contributed by atoms with Crippen LogP contribution in [0.3, 0.4) is 0 Å². The minimum atomic E-state index is -0.796. The number of carbonyl (C=O) groups excluding carboxylic acids is 1.